The minimum Gasteiger partial charge on any atom is -0.493 e. The molecule has 5 rings (SSSR count). The van der Waals surface area contributed by atoms with Crippen molar-refractivity contribution < 1.29 is 19.1 Å². The number of benzene rings is 2. The first-order valence-corrected chi connectivity index (χ1v) is 16.7. The zero-order chi connectivity index (χ0) is 32.8. The number of pyridine rings is 1. The maximum atomic E-state index is 13.9. The Bertz CT molecular complexity index is 1490. The Morgan fingerprint density at radius 2 is 1.83 bits per heavy atom. The van der Waals surface area contributed by atoms with Gasteiger partial charge >= 0.3 is 0 Å². The third kappa shape index (κ3) is 7.93. The maximum absolute atomic E-state index is 13.9. The predicted octanol–water partition coefficient (Wildman–Crippen LogP) is 5.93. The van der Waals surface area contributed by atoms with Gasteiger partial charge in [-0.1, -0.05) is 23.7 Å². The van der Waals surface area contributed by atoms with Crippen LogP contribution in [0.5, 0.6) is 11.5 Å². The summed E-state index contributed by atoms with van der Waals surface area (Å²) >= 11 is 6.27. The van der Waals surface area contributed by atoms with Crippen LogP contribution in [0.15, 0.2) is 54.7 Å². The number of hydrogen-bond donors (Lipinski definition) is 2. The molecule has 46 heavy (non-hydrogen) atoms. The van der Waals surface area contributed by atoms with Gasteiger partial charge in [0.05, 0.1) is 44.1 Å². The Morgan fingerprint density at radius 3 is 2.46 bits per heavy atom. The largest absolute Gasteiger partial charge is 0.493 e. The van der Waals surface area contributed by atoms with Crippen LogP contribution in [0.25, 0.3) is 0 Å². The van der Waals surface area contributed by atoms with Crippen LogP contribution in [0.3, 0.4) is 0 Å². The van der Waals surface area contributed by atoms with Crippen molar-refractivity contribution in [2.45, 2.75) is 71.1 Å². The molecule has 1 aromatic heterocycles. The number of anilines is 2. The van der Waals surface area contributed by atoms with Gasteiger partial charge in [-0.2, -0.15) is 0 Å². The first kappa shape index (κ1) is 33.5. The summed E-state index contributed by atoms with van der Waals surface area (Å²) in [5, 5.41) is 6.88. The number of halogens is 1. The molecule has 3 aromatic rings. The molecular weight excluding hydrogens is 602 g/mol. The highest BCUT2D eigenvalue weighted by Gasteiger charge is 2.36. The first-order valence-electron chi connectivity index (χ1n) is 16.3. The monoisotopic (exact) mass is 647 g/mol. The summed E-state index contributed by atoms with van der Waals surface area (Å²) in [5.41, 5.74) is 3.56. The topological polar surface area (TPSA) is 96.0 Å². The second kappa shape index (κ2) is 15.2. The van der Waals surface area contributed by atoms with Crippen molar-refractivity contribution in [1.29, 1.82) is 0 Å². The van der Waals surface area contributed by atoms with E-state index < -0.39 is 6.04 Å². The number of nitrogens with zero attached hydrogens (tertiary/aromatic N) is 3. The van der Waals surface area contributed by atoms with Crippen LogP contribution in [-0.4, -0.2) is 62.7 Å². The van der Waals surface area contributed by atoms with Gasteiger partial charge in [0.25, 0.3) is 0 Å². The number of carbonyl (C=O) groups excluding carboxylic acids is 2. The lowest BCUT2D eigenvalue weighted by atomic mass is 9.85. The number of methoxy groups -OCH3 is 1. The molecule has 2 aromatic carbocycles. The van der Waals surface area contributed by atoms with Crippen molar-refractivity contribution in [2.24, 2.45) is 5.92 Å². The van der Waals surface area contributed by atoms with Crippen molar-refractivity contribution in [1.82, 2.24) is 15.6 Å². The molecule has 2 N–H and O–H groups in total. The van der Waals surface area contributed by atoms with Gasteiger partial charge in [-0.3, -0.25) is 14.5 Å². The van der Waals surface area contributed by atoms with Crippen molar-refractivity contribution in [3.8, 4) is 11.5 Å². The van der Waals surface area contributed by atoms with Crippen LogP contribution in [0.1, 0.15) is 69.2 Å². The smallest absolute Gasteiger partial charge is 0.233 e. The van der Waals surface area contributed by atoms with Crippen molar-refractivity contribution >= 4 is 34.9 Å². The third-order valence-corrected chi connectivity index (χ3v) is 9.09. The van der Waals surface area contributed by atoms with Crippen LogP contribution >= 0.6 is 11.6 Å². The van der Waals surface area contributed by atoms with Gasteiger partial charge in [-0.05, 0) is 105 Å². The van der Waals surface area contributed by atoms with Crippen LogP contribution in [0, 0.1) is 5.92 Å². The van der Waals surface area contributed by atoms with Crippen molar-refractivity contribution in [2.75, 3.05) is 43.6 Å². The molecule has 2 amide bonds. The summed E-state index contributed by atoms with van der Waals surface area (Å²) in [6.45, 7) is 7.83. The Labute approximate surface area is 277 Å². The van der Waals surface area contributed by atoms with Gasteiger partial charge in [0.15, 0.2) is 11.5 Å². The van der Waals surface area contributed by atoms with Gasteiger partial charge in [0.1, 0.15) is 5.82 Å². The molecule has 1 saturated carbocycles. The predicted molar refractivity (Wildman–Crippen MR) is 183 cm³/mol. The van der Waals surface area contributed by atoms with E-state index in [4.69, 9.17) is 26.1 Å². The fourth-order valence-electron chi connectivity index (χ4n) is 6.60. The normalized spacial score (nSPS) is 19.5. The lowest BCUT2D eigenvalue weighted by Crippen LogP contribution is -2.41. The van der Waals surface area contributed by atoms with E-state index in [1.165, 1.54) is 0 Å². The Morgan fingerprint density at radius 1 is 1.09 bits per heavy atom. The average molecular weight is 648 g/mol. The summed E-state index contributed by atoms with van der Waals surface area (Å²) in [5.74, 6) is 2.72. The van der Waals surface area contributed by atoms with Crippen LogP contribution < -0.4 is 29.9 Å². The second-order valence-corrected chi connectivity index (χ2v) is 13.0. The molecule has 9 nitrogen and oxygen atoms in total. The standard InChI is InChI=1S/C36H46ClN5O4/c1-6-38-34(43)21-39-28-13-7-24(8-14-28)22-41(4)33-16-15-29(20-40-33)42-35(44)18-26-17-31(45-5)32(46-23(2)3)19-30(26)36(42)25-9-11-27(37)12-10-25/h9-12,15-17,19-20,23-24,28,36,39H,6-8,13-14,18,21-22H2,1-5H3,(H,38,43)/t24-,28-,36-/m0/s1. The lowest BCUT2D eigenvalue weighted by molar-refractivity contribution is -0.120. The van der Waals surface area contributed by atoms with E-state index in [0.717, 1.165) is 60.4 Å². The number of aromatic nitrogens is 1. The molecule has 0 radical (unpaired) electrons. The van der Waals surface area contributed by atoms with Gasteiger partial charge in [0, 0.05) is 31.2 Å². The molecule has 0 spiro atoms. The summed E-state index contributed by atoms with van der Waals surface area (Å²) in [6, 6.07) is 15.6. The molecule has 2 heterocycles. The molecule has 1 aliphatic carbocycles. The minimum absolute atomic E-state index is 0.0209. The number of carbonyl (C=O) groups is 2. The fraction of sp³-hybridized carbons (Fsp3) is 0.472. The van der Waals surface area contributed by atoms with Crippen LogP contribution in [0.2, 0.25) is 5.02 Å². The van der Waals surface area contributed by atoms with Crippen molar-refractivity contribution in [3.05, 3.63) is 76.4 Å². The second-order valence-electron chi connectivity index (χ2n) is 12.6. The number of rotatable bonds is 12. The molecule has 10 heteroatoms. The average Bonchev–Trinajstić information content (AvgIpc) is 3.04. The van der Waals surface area contributed by atoms with E-state index in [-0.39, 0.29) is 24.3 Å². The SMILES string of the molecule is CCNC(=O)CN[C@H]1CC[C@H](CN(C)c2ccc(N3C(=O)Cc4cc(OC)c(OC(C)C)cc4[C@@H]3c3ccc(Cl)cc3)cn2)CC1. The number of likely N-dealkylation sites (N-methyl/N-ethyl adjacent to an activating group) is 1. The summed E-state index contributed by atoms with van der Waals surface area (Å²) in [4.78, 5) is 34.5. The molecule has 1 atom stereocenters. The highest BCUT2D eigenvalue weighted by Crippen LogP contribution is 2.44. The number of nitrogens with one attached hydrogen (secondary N) is 2. The minimum atomic E-state index is -0.392. The highest BCUT2D eigenvalue weighted by atomic mass is 35.5. The van der Waals surface area contributed by atoms with Gasteiger partial charge in [-0.15, -0.1) is 0 Å². The number of fused-ring (bicyclic) bond motifs is 1. The molecule has 0 unspecified atom stereocenters. The van der Waals surface area contributed by atoms with Gasteiger partial charge in [0.2, 0.25) is 11.8 Å². The number of ether oxygens (including phenoxy) is 2. The van der Waals surface area contributed by atoms with E-state index in [2.05, 4.69) is 22.6 Å². The number of amides is 2. The Kier molecular flexibility index (Phi) is 11.1. The summed E-state index contributed by atoms with van der Waals surface area (Å²) in [6.07, 6.45) is 6.33. The van der Waals surface area contributed by atoms with E-state index in [0.29, 0.717) is 41.6 Å². The Balaban J connectivity index is 1.33. The lowest BCUT2D eigenvalue weighted by Gasteiger charge is -2.38. The molecular formula is C36H46ClN5O4. The van der Waals surface area contributed by atoms with E-state index in [1.54, 1.807) is 13.3 Å². The van der Waals surface area contributed by atoms with Gasteiger partial charge in [-0.25, -0.2) is 4.98 Å². The van der Waals surface area contributed by atoms with E-state index in [9.17, 15) is 9.59 Å². The zero-order valence-electron chi connectivity index (χ0n) is 27.5. The van der Waals surface area contributed by atoms with Gasteiger partial charge < -0.3 is 25.0 Å². The summed E-state index contributed by atoms with van der Waals surface area (Å²) in [7, 11) is 3.69. The molecule has 0 saturated heterocycles. The molecule has 0 bridgehead atoms. The van der Waals surface area contributed by atoms with Crippen LogP contribution in [0.4, 0.5) is 11.5 Å². The van der Waals surface area contributed by atoms with Crippen molar-refractivity contribution in [3.63, 3.8) is 0 Å². The van der Waals surface area contributed by atoms with Crippen LogP contribution in [-0.2, 0) is 16.0 Å². The highest BCUT2D eigenvalue weighted by molar-refractivity contribution is 6.30. The van der Waals surface area contributed by atoms with E-state index in [1.807, 2.05) is 74.2 Å². The zero-order valence-corrected chi connectivity index (χ0v) is 28.3. The molecule has 2 aliphatic rings. The number of hydrogen-bond acceptors (Lipinski definition) is 7. The summed E-state index contributed by atoms with van der Waals surface area (Å²) < 4.78 is 11.8. The quantitative estimate of drug-likeness (QED) is 0.252. The molecule has 1 fully saturated rings. The maximum Gasteiger partial charge on any atom is 0.233 e. The van der Waals surface area contributed by atoms with E-state index >= 15 is 0 Å². The fourth-order valence-corrected chi connectivity index (χ4v) is 6.73. The first-order chi connectivity index (χ1) is 22.2. The Hall–Kier alpha value is -3.82. The third-order valence-electron chi connectivity index (χ3n) is 8.84. The molecule has 1 aliphatic heterocycles. The molecule has 246 valence electrons.